The fraction of sp³-hybridized carbons (Fsp3) is 0.982. The lowest BCUT2D eigenvalue weighted by atomic mass is 10.0. The van der Waals surface area contributed by atoms with Gasteiger partial charge >= 0.3 is 7.82 Å². The van der Waals surface area contributed by atoms with Gasteiger partial charge in [0.05, 0.1) is 39.9 Å². The van der Waals surface area contributed by atoms with E-state index in [-0.39, 0.29) is 19.1 Å². The van der Waals surface area contributed by atoms with Crippen molar-refractivity contribution in [1.29, 1.82) is 0 Å². The van der Waals surface area contributed by atoms with E-state index in [2.05, 4.69) is 19.2 Å². The zero-order chi connectivity index (χ0) is 48.5. The number of unbranched alkanes of at least 4 members (excludes halogenated alkanes) is 42. The first-order valence-electron chi connectivity index (χ1n) is 29.4. The Morgan fingerprint density at radius 1 is 0.455 bits per heavy atom. The highest BCUT2D eigenvalue weighted by molar-refractivity contribution is 7.47. The van der Waals surface area contributed by atoms with Gasteiger partial charge in [-0.25, -0.2) is 4.57 Å². The fourth-order valence-electron chi connectivity index (χ4n) is 9.23. The predicted molar refractivity (Wildman–Crippen MR) is 286 cm³/mol. The number of carbonyl (C=O) groups is 1. The minimum atomic E-state index is -4.31. The molecule has 1 amide bonds. The maximum Gasteiger partial charge on any atom is 0.472 e. The summed E-state index contributed by atoms with van der Waals surface area (Å²) in [5.41, 5.74) is 0. The Balaban J connectivity index is 3.83. The number of aliphatic hydroxyl groups is 1. The average molecular weight is 959 g/mol. The van der Waals surface area contributed by atoms with Gasteiger partial charge in [-0.1, -0.05) is 290 Å². The lowest BCUT2D eigenvalue weighted by Gasteiger charge is -2.26. The van der Waals surface area contributed by atoms with E-state index in [9.17, 15) is 19.4 Å². The monoisotopic (exact) mass is 958 g/mol. The Morgan fingerprint density at radius 3 is 1.02 bits per heavy atom. The van der Waals surface area contributed by atoms with Crippen molar-refractivity contribution in [2.75, 3.05) is 40.9 Å². The molecule has 0 saturated heterocycles. The molecule has 0 aromatic carbocycles. The molecule has 66 heavy (non-hydrogen) atoms. The molecule has 0 saturated carbocycles. The van der Waals surface area contributed by atoms with Gasteiger partial charge in [0.15, 0.2) is 0 Å². The van der Waals surface area contributed by atoms with Crippen molar-refractivity contribution in [1.82, 2.24) is 5.32 Å². The number of rotatable bonds is 55. The highest BCUT2D eigenvalue weighted by Crippen LogP contribution is 2.43. The topological polar surface area (TPSA) is 105 Å². The van der Waals surface area contributed by atoms with Gasteiger partial charge in [0, 0.05) is 6.42 Å². The van der Waals surface area contributed by atoms with Gasteiger partial charge in [-0.2, -0.15) is 0 Å². The van der Waals surface area contributed by atoms with E-state index in [0.717, 1.165) is 38.5 Å². The summed E-state index contributed by atoms with van der Waals surface area (Å²) in [5, 5.41) is 14.0. The molecule has 0 radical (unpaired) electrons. The van der Waals surface area contributed by atoms with Crippen LogP contribution in [0.2, 0.25) is 0 Å². The molecule has 3 atom stereocenters. The normalized spacial score (nSPS) is 13.9. The van der Waals surface area contributed by atoms with Crippen LogP contribution in [0.25, 0.3) is 0 Å². The maximum absolute atomic E-state index is 12.9. The van der Waals surface area contributed by atoms with Crippen LogP contribution in [0.15, 0.2) is 0 Å². The summed E-state index contributed by atoms with van der Waals surface area (Å²) >= 11 is 0. The minimum Gasteiger partial charge on any atom is -0.391 e. The van der Waals surface area contributed by atoms with Gasteiger partial charge < -0.3 is 19.8 Å². The molecule has 0 rings (SSSR count). The molecule has 0 heterocycles. The third-order valence-corrected chi connectivity index (χ3v) is 14.8. The van der Waals surface area contributed by atoms with Crippen LogP contribution in [0, 0.1) is 0 Å². The van der Waals surface area contributed by atoms with Gasteiger partial charge in [0.25, 0.3) is 0 Å². The quantitative estimate of drug-likeness (QED) is 0.0319. The third kappa shape index (κ3) is 51.4. The number of amides is 1. The van der Waals surface area contributed by atoms with E-state index in [1.54, 1.807) is 0 Å². The van der Waals surface area contributed by atoms with Crippen molar-refractivity contribution < 1.29 is 32.9 Å². The summed E-state index contributed by atoms with van der Waals surface area (Å²) in [6.07, 6.45) is 59.1. The summed E-state index contributed by atoms with van der Waals surface area (Å²) in [4.78, 5) is 23.2. The van der Waals surface area contributed by atoms with Gasteiger partial charge in [-0.05, 0) is 12.8 Å². The molecule has 0 aromatic rings. The zero-order valence-corrected chi connectivity index (χ0v) is 46.1. The van der Waals surface area contributed by atoms with E-state index in [1.165, 1.54) is 244 Å². The number of nitrogens with one attached hydrogen (secondary N) is 1. The maximum atomic E-state index is 12.9. The Hall–Kier alpha value is -0.500. The molecular formula is C57H118N2O6P+. The van der Waals surface area contributed by atoms with E-state index < -0.39 is 20.0 Å². The van der Waals surface area contributed by atoms with Crippen molar-refractivity contribution in [2.45, 2.75) is 321 Å². The van der Waals surface area contributed by atoms with Crippen molar-refractivity contribution in [3.8, 4) is 0 Å². The molecule has 3 N–H and O–H groups in total. The fourth-order valence-corrected chi connectivity index (χ4v) is 9.96. The molecule has 8 nitrogen and oxygen atoms in total. The Labute approximate surface area is 412 Å². The van der Waals surface area contributed by atoms with Gasteiger partial charge in [-0.15, -0.1) is 0 Å². The number of phosphoric ester groups is 1. The second-order valence-electron chi connectivity index (χ2n) is 21.7. The first-order chi connectivity index (χ1) is 32.0. The standard InChI is InChI=1S/C57H117N2O6P/c1-6-8-10-12-14-16-18-19-20-21-22-23-24-25-26-27-28-29-30-31-32-33-34-35-36-37-38-39-40-41-43-45-47-49-51-57(61)58-55(54-65-66(62,63)64-53-52-59(3,4)5)56(60)50-48-46-44-42-17-15-13-11-9-7-2/h55-56,60H,6-54H2,1-5H3,(H-,58,61,62,63)/p+1/t55-,56+/m0/s1. The number of carbonyl (C=O) groups excluding carboxylic acids is 1. The molecule has 0 aliphatic carbocycles. The molecule has 0 fully saturated rings. The smallest absolute Gasteiger partial charge is 0.391 e. The molecule has 9 heteroatoms. The van der Waals surface area contributed by atoms with Crippen molar-refractivity contribution in [2.24, 2.45) is 0 Å². The van der Waals surface area contributed by atoms with Crippen LogP contribution in [-0.4, -0.2) is 73.4 Å². The largest absolute Gasteiger partial charge is 0.472 e. The van der Waals surface area contributed by atoms with Crippen LogP contribution < -0.4 is 5.32 Å². The SMILES string of the molecule is CCCCCCCCCCCCCCCCCCCCCCCCCCCCCCCCCCCCC(=O)N[C@@H](COP(=O)(O)OCC[N+](C)(C)C)[C@H](O)CCCCCCCCCCCC. The molecule has 0 spiro atoms. The number of quaternary nitrogens is 1. The highest BCUT2D eigenvalue weighted by atomic mass is 31.2. The van der Waals surface area contributed by atoms with Gasteiger partial charge in [-0.3, -0.25) is 13.8 Å². The van der Waals surface area contributed by atoms with Crippen LogP contribution >= 0.6 is 7.82 Å². The van der Waals surface area contributed by atoms with Crippen molar-refractivity contribution in [3.05, 3.63) is 0 Å². The Bertz CT molecular complexity index is 1040. The second kappa shape index (κ2) is 49.5. The number of aliphatic hydroxyl groups excluding tert-OH is 1. The first kappa shape index (κ1) is 65.5. The van der Waals surface area contributed by atoms with E-state index >= 15 is 0 Å². The van der Waals surface area contributed by atoms with E-state index in [4.69, 9.17) is 9.05 Å². The molecule has 396 valence electrons. The first-order valence-corrected chi connectivity index (χ1v) is 30.9. The lowest BCUT2D eigenvalue weighted by Crippen LogP contribution is -2.46. The van der Waals surface area contributed by atoms with Crippen LogP contribution in [-0.2, 0) is 18.4 Å². The molecule has 0 aliphatic heterocycles. The summed E-state index contributed by atoms with van der Waals surface area (Å²) in [7, 11) is 1.63. The molecule has 0 aliphatic rings. The summed E-state index contributed by atoms with van der Waals surface area (Å²) < 4.78 is 23.7. The van der Waals surface area contributed by atoms with Gasteiger partial charge in [0.2, 0.25) is 5.91 Å². The third-order valence-electron chi connectivity index (χ3n) is 13.9. The van der Waals surface area contributed by atoms with Crippen LogP contribution in [0.3, 0.4) is 0 Å². The highest BCUT2D eigenvalue weighted by Gasteiger charge is 2.28. The summed E-state index contributed by atoms with van der Waals surface area (Å²) in [5.74, 6) is -0.139. The Morgan fingerprint density at radius 2 is 0.727 bits per heavy atom. The van der Waals surface area contributed by atoms with Crippen molar-refractivity contribution in [3.63, 3.8) is 0 Å². The number of hydrogen-bond acceptors (Lipinski definition) is 5. The molecule has 0 bridgehead atoms. The molecule has 1 unspecified atom stereocenters. The van der Waals surface area contributed by atoms with Crippen molar-refractivity contribution >= 4 is 13.7 Å². The molecular weight excluding hydrogens is 840 g/mol. The summed E-state index contributed by atoms with van der Waals surface area (Å²) in [6.45, 7) is 4.91. The number of likely N-dealkylation sites (N-methyl/N-ethyl adjacent to an activating group) is 1. The van der Waals surface area contributed by atoms with Crippen LogP contribution in [0.4, 0.5) is 0 Å². The summed E-state index contributed by atoms with van der Waals surface area (Å²) in [6, 6.07) is -0.753. The lowest BCUT2D eigenvalue weighted by molar-refractivity contribution is -0.870. The van der Waals surface area contributed by atoms with Crippen LogP contribution in [0.1, 0.15) is 309 Å². The van der Waals surface area contributed by atoms with E-state index in [1.807, 2.05) is 21.1 Å². The zero-order valence-electron chi connectivity index (χ0n) is 45.2. The van der Waals surface area contributed by atoms with Crippen LogP contribution in [0.5, 0.6) is 0 Å². The minimum absolute atomic E-state index is 0.0786. The number of phosphoric acid groups is 1. The Kier molecular flexibility index (Phi) is 49.1. The average Bonchev–Trinajstić information content (AvgIpc) is 3.28. The van der Waals surface area contributed by atoms with E-state index in [0.29, 0.717) is 23.9 Å². The van der Waals surface area contributed by atoms with Gasteiger partial charge in [0.1, 0.15) is 13.2 Å². The number of nitrogens with zero attached hydrogens (tertiary/aromatic N) is 1. The molecule has 0 aromatic heterocycles. The predicted octanol–water partition coefficient (Wildman–Crippen LogP) is 17.7. The second-order valence-corrected chi connectivity index (χ2v) is 23.2. The number of hydrogen-bond donors (Lipinski definition) is 3.